The molecule has 2 rings (SSSR count). The van der Waals surface area contributed by atoms with Crippen molar-refractivity contribution in [1.29, 1.82) is 0 Å². The third-order valence-corrected chi connectivity index (χ3v) is 5.10. The molecule has 0 heterocycles. The number of hydrogen-bond acceptors (Lipinski definition) is 1. The van der Waals surface area contributed by atoms with Gasteiger partial charge < -0.3 is 0 Å². The van der Waals surface area contributed by atoms with Crippen LogP contribution in [0.15, 0.2) is 0 Å². The average Bonchev–Trinajstić information content (AvgIpc) is 2.36. The molecule has 16 heavy (non-hydrogen) atoms. The number of carbonyl (C=O) groups excluding carboxylic acids is 1. The van der Waals surface area contributed by atoms with E-state index in [4.69, 9.17) is 0 Å². The average molecular weight is 222 g/mol. The highest BCUT2D eigenvalue weighted by molar-refractivity contribution is 5.80. The van der Waals surface area contributed by atoms with Crippen LogP contribution in [0, 0.1) is 23.7 Å². The van der Waals surface area contributed by atoms with Gasteiger partial charge in [0.05, 0.1) is 0 Å². The Balaban J connectivity index is 1.90. The molecule has 0 saturated heterocycles. The van der Waals surface area contributed by atoms with Crippen LogP contribution in [0.5, 0.6) is 0 Å². The summed E-state index contributed by atoms with van der Waals surface area (Å²) in [4.78, 5) is 11.8. The van der Waals surface area contributed by atoms with Crippen molar-refractivity contribution in [3.63, 3.8) is 0 Å². The van der Waals surface area contributed by atoms with E-state index in [-0.39, 0.29) is 0 Å². The highest BCUT2D eigenvalue weighted by Gasteiger charge is 2.36. The van der Waals surface area contributed by atoms with Crippen molar-refractivity contribution in [1.82, 2.24) is 0 Å². The van der Waals surface area contributed by atoms with Crippen LogP contribution in [0.1, 0.15) is 65.2 Å². The Kier molecular flexibility index (Phi) is 4.05. The van der Waals surface area contributed by atoms with Gasteiger partial charge in [-0.15, -0.1) is 0 Å². The topological polar surface area (TPSA) is 17.1 Å². The lowest BCUT2D eigenvalue weighted by atomic mass is 9.64. The molecule has 4 unspecified atom stereocenters. The van der Waals surface area contributed by atoms with E-state index in [1.54, 1.807) is 0 Å². The first kappa shape index (κ1) is 12.1. The van der Waals surface area contributed by atoms with Crippen LogP contribution in [0.2, 0.25) is 0 Å². The predicted molar refractivity (Wildman–Crippen MR) is 67.3 cm³/mol. The molecule has 0 aliphatic heterocycles. The largest absolute Gasteiger partial charge is 0.299 e. The molecule has 4 atom stereocenters. The Morgan fingerprint density at radius 2 is 1.69 bits per heavy atom. The zero-order valence-corrected chi connectivity index (χ0v) is 10.9. The van der Waals surface area contributed by atoms with Gasteiger partial charge in [0.15, 0.2) is 0 Å². The van der Waals surface area contributed by atoms with Gasteiger partial charge in [0.2, 0.25) is 0 Å². The van der Waals surface area contributed by atoms with Crippen LogP contribution in [-0.4, -0.2) is 5.78 Å². The predicted octanol–water partition coefficient (Wildman–Crippen LogP) is 4.21. The zero-order chi connectivity index (χ0) is 11.5. The number of ketones is 1. The fourth-order valence-electron chi connectivity index (χ4n) is 3.94. The lowest BCUT2D eigenvalue weighted by molar-refractivity contribution is -0.124. The second kappa shape index (κ2) is 5.33. The minimum Gasteiger partial charge on any atom is -0.299 e. The number of Topliss-reactive ketones (excluding diaryl/α,β-unsaturated/α-hetero) is 1. The standard InChI is InChI=1S/C15H26O/c1-3-11-5-6-13-10-14(15(16)4-2)8-7-12(13)9-11/h11-14H,3-10H2,1-2H3. The number of rotatable bonds is 3. The van der Waals surface area contributed by atoms with E-state index in [9.17, 15) is 4.79 Å². The van der Waals surface area contributed by atoms with E-state index < -0.39 is 0 Å². The lowest BCUT2D eigenvalue weighted by Crippen LogP contribution is -2.33. The van der Waals surface area contributed by atoms with Crippen LogP contribution in [0.4, 0.5) is 0 Å². The highest BCUT2D eigenvalue weighted by Crippen LogP contribution is 2.45. The molecular formula is C15H26O. The number of fused-ring (bicyclic) bond motifs is 1. The molecule has 2 fully saturated rings. The molecule has 0 radical (unpaired) electrons. The first-order chi connectivity index (χ1) is 7.74. The molecule has 0 aromatic carbocycles. The molecular weight excluding hydrogens is 196 g/mol. The monoisotopic (exact) mass is 222 g/mol. The van der Waals surface area contributed by atoms with E-state index >= 15 is 0 Å². The van der Waals surface area contributed by atoms with Crippen LogP contribution in [0.25, 0.3) is 0 Å². The first-order valence-corrected chi connectivity index (χ1v) is 7.27. The van der Waals surface area contributed by atoms with Gasteiger partial charge in [-0.3, -0.25) is 4.79 Å². The zero-order valence-electron chi connectivity index (χ0n) is 10.9. The smallest absolute Gasteiger partial charge is 0.135 e. The summed E-state index contributed by atoms with van der Waals surface area (Å²) in [5.74, 6) is 3.77. The van der Waals surface area contributed by atoms with Crippen LogP contribution in [0.3, 0.4) is 0 Å². The maximum atomic E-state index is 11.8. The van der Waals surface area contributed by atoms with Crippen molar-refractivity contribution in [2.24, 2.45) is 23.7 Å². The molecule has 0 N–H and O–H groups in total. The Morgan fingerprint density at radius 3 is 2.38 bits per heavy atom. The summed E-state index contributed by atoms with van der Waals surface area (Å²) in [6.45, 7) is 4.35. The highest BCUT2D eigenvalue weighted by atomic mass is 16.1. The molecule has 0 aromatic rings. The molecule has 2 aliphatic carbocycles. The molecule has 0 bridgehead atoms. The van der Waals surface area contributed by atoms with E-state index in [1.165, 1.54) is 44.9 Å². The maximum Gasteiger partial charge on any atom is 0.135 e. The van der Waals surface area contributed by atoms with Gasteiger partial charge in [-0.05, 0) is 49.9 Å². The summed E-state index contributed by atoms with van der Waals surface area (Å²) in [5.41, 5.74) is 0. The third kappa shape index (κ3) is 2.49. The van der Waals surface area contributed by atoms with Crippen molar-refractivity contribution in [3.05, 3.63) is 0 Å². The van der Waals surface area contributed by atoms with Gasteiger partial charge in [-0.2, -0.15) is 0 Å². The van der Waals surface area contributed by atoms with Gasteiger partial charge in [-0.1, -0.05) is 26.7 Å². The minimum absolute atomic E-state index is 0.421. The second-order valence-electron chi connectivity index (χ2n) is 5.94. The Bertz CT molecular complexity index is 246. The summed E-state index contributed by atoms with van der Waals surface area (Å²) >= 11 is 0. The molecule has 2 aliphatic rings. The molecule has 0 aromatic heterocycles. The molecule has 1 heteroatoms. The molecule has 92 valence electrons. The normalized spacial score (nSPS) is 39.1. The van der Waals surface area contributed by atoms with Gasteiger partial charge in [-0.25, -0.2) is 0 Å². The summed E-state index contributed by atoms with van der Waals surface area (Å²) in [6, 6.07) is 0. The minimum atomic E-state index is 0.421. The first-order valence-electron chi connectivity index (χ1n) is 7.27. The van der Waals surface area contributed by atoms with Crippen LogP contribution < -0.4 is 0 Å². The van der Waals surface area contributed by atoms with Gasteiger partial charge in [0.25, 0.3) is 0 Å². The van der Waals surface area contributed by atoms with Crippen LogP contribution in [-0.2, 0) is 4.79 Å². The summed E-state index contributed by atoms with van der Waals surface area (Å²) < 4.78 is 0. The maximum absolute atomic E-state index is 11.8. The van der Waals surface area contributed by atoms with Crippen molar-refractivity contribution in [3.8, 4) is 0 Å². The van der Waals surface area contributed by atoms with Crippen molar-refractivity contribution >= 4 is 5.78 Å². The van der Waals surface area contributed by atoms with E-state index in [0.29, 0.717) is 11.7 Å². The molecule has 1 nitrogen and oxygen atoms in total. The van der Waals surface area contributed by atoms with Crippen molar-refractivity contribution in [2.45, 2.75) is 65.2 Å². The van der Waals surface area contributed by atoms with E-state index in [2.05, 4.69) is 6.92 Å². The number of hydrogen-bond donors (Lipinski definition) is 0. The fraction of sp³-hybridized carbons (Fsp3) is 0.933. The molecule has 0 spiro atoms. The molecule has 2 saturated carbocycles. The van der Waals surface area contributed by atoms with Gasteiger partial charge in [0, 0.05) is 12.3 Å². The Labute approximate surface area is 100.0 Å². The van der Waals surface area contributed by atoms with Crippen molar-refractivity contribution < 1.29 is 4.79 Å². The van der Waals surface area contributed by atoms with Crippen LogP contribution >= 0.6 is 0 Å². The summed E-state index contributed by atoms with van der Waals surface area (Å²) in [5, 5.41) is 0. The Morgan fingerprint density at radius 1 is 1.00 bits per heavy atom. The van der Waals surface area contributed by atoms with Gasteiger partial charge >= 0.3 is 0 Å². The van der Waals surface area contributed by atoms with E-state index in [0.717, 1.165) is 24.2 Å². The quantitative estimate of drug-likeness (QED) is 0.699. The fourth-order valence-corrected chi connectivity index (χ4v) is 3.94. The third-order valence-electron chi connectivity index (χ3n) is 5.10. The number of carbonyl (C=O) groups is 1. The van der Waals surface area contributed by atoms with Gasteiger partial charge in [0.1, 0.15) is 5.78 Å². The van der Waals surface area contributed by atoms with Crippen molar-refractivity contribution in [2.75, 3.05) is 0 Å². The SMILES string of the molecule is CCC(=O)C1CCC2CC(CC)CCC2C1. The summed E-state index contributed by atoms with van der Waals surface area (Å²) in [7, 11) is 0. The van der Waals surface area contributed by atoms with E-state index in [1.807, 2.05) is 6.92 Å². The lowest BCUT2D eigenvalue weighted by Gasteiger charge is -2.41. The second-order valence-corrected chi connectivity index (χ2v) is 5.94. The molecule has 0 amide bonds. The summed E-state index contributed by atoms with van der Waals surface area (Å²) in [6.07, 6.45) is 10.1. The Hall–Kier alpha value is -0.330.